The molecule has 1 N–H and O–H groups in total. The largest absolute Gasteiger partial charge is 0.496 e. The van der Waals surface area contributed by atoms with Gasteiger partial charge >= 0.3 is 0 Å². The molecule has 0 fully saturated rings. The van der Waals surface area contributed by atoms with Crippen LogP contribution in [0.3, 0.4) is 0 Å². The Balaban J connectivity index is 2.23. The first-order chi connectivity index (χ1) is 11.1. The van der Waals surface area contributed by atoms with Crippen molar-refractivity contribution in [3.8, 4) is 11.5 Å². The SMILES string of the molecule is CCC(NC(=O)c1ccc(C)c(OC)c1)c1ccccc1OC. The molecule has 2 aromatic rings. The number of carbonyl (C=O) groups is 1. The van der Waals surface area contributed by atoms with E-state index in [-0.39, 0.29) is 11.9 Å². The zero-order chi connectivity index (χ0) is 16.8. The highest BCUT2D eigenvalue weighted by Gasteiger charge is 2.18. The molecule has 0 aliphatic heterocycles. The average Bonchev–Trinajstić information content (AvgIpc) is 2.59. The van der Waals surface area contributed by atoms with Gasteiger partial charge < -0.3 is 14.8 Å². The third-order valence-electron chi connectivity index (χ3n) is 3.90. The van der Waals surface area contributed by atoms with Gasteiger partial charge in [-0.15, -0.1) is 0 Å². The van der Waals surface area contributed by atoms with Crippen LogP contribution in [-0.2, 0) is 0 Å². The maximum Gasteiger partial charge on any atom is 0.251 e. The van der Waals surface area contributed by atoms with Gasteiger partial charge in [-0.05, 0) is 37.1 Å². The second-order valence-electron chi connectivity index (χ2n) is 5.36. The van der Waals surface area contributed by atoms with Crippen LogP contribution in [0.5, 0.6) is 11.5 Å². The van der Waals surface area contributed by atoms with Crippen LogP contribution in [0.4, 0.5) is 0 Å². The summed E-state index contributed by atoms with van der Waals surface area (Å²) in [6.07, 6.45) is 0.773. The molecule has 1 atom stereocenters. The molecule has 0 spiro atoms. The van der Waals surface area contributed by atoms with Crippen molar-refractivity contribution in [1.29, 1.82) is 0 Å². The van der Waals surface area contributed by atoms with Crippen LogP contribution in [-0.4, -0.2) is 20.1 Å². The molecule has 2 rings (SSSR count). The second kappa shape index (κ2) is 7.68. The minimum absolute atomic E-state index is 0.106. The standard InChI is InChI=1S/C19H23NO3/c1-5-16(15-8-6-7-9-17(15)22-3)20-19(21)14-11-10-13(2)18(12-14)23-4/h6-12,16H,5H2,1-4H3,(H,20,21). The van der Waals surface area contributed by atoms with Gasteiger partial charge in [0.05, 0.1) is 20.3 Å². The van der Waals surface area contributed by atoms with Gasteiger partial charge in [0.25, 0.3) is 5.91 Å². The first-order valence-corrected chi connectivity index (χ1v) is 7.69. The molecule has 0 aromatic heterocycles. The molecule has 2 aromatic carbocycles. The molecule has 1 unspecified atom stereocenters. The Hall–Kier alpha value is -2.49. The Morgan fingerprint density at radius 3 is 2.43 bits per heavy atom. The van der Waals surface area contributed by atoms with Gasteiger partial charge in [-0.1, -0.05) is 31.2 Å². The highest BCUT2D eigenvalue weighted by molar-refractivity contribution is 5.95. The topological polar surface area (TPSA) is 47.6 Å². The van der Waals surface area contributed by atoms with Gasteiger partial charge in [-0.3, -0.25) is 4.79 Å². The molecule has 0 heterocycles. The highest BCUT2D eigenvalue weighted by atomic mass is 16.5. The summed E-state index contributed by atoms with van der Waals surface area (Å²) in [6, 6.07) is 13.1. The Morgan fingerprint density at radius 1 is 1.09 bits per heavy atom. The van der Waals surface area contributed by atoms with E-state index >= 15 is 0 Å². The van der Waals surface area contributed by atoms with E-state index in [0.29, 0.717) is 11.3 Å². The van der Waals surface area contributed by atoms with Crippen molar-refractivity contribution < 1.29 is 14.3 Å². The zero-order valence-electron chi connectivity index (χ0n) is 14.1. The fourth-order valence-corrected chi connectivity index (χ4v) is 2.56. The summed E-state index contributed by atoms with van der Waals surface area (Å²) in [6.45, 7) is 3.98. The molecular weight excluding hydrogens is 290 g/mol. The lowest BCUT2D eigenvalue weighted by molar-refractivity contribution is 0.0934. The molecule has 0 aliphatic carbocycles. The predicted octanol–water partition coefficient (Wildman–Crippen LogP) is 3.89. The Bertz CT molecular complexity index is 682. The summed E-state index contributed by atoms with van der Waals surface area (Å²) >= 11 is 0. The molecule has 23 heavy (non-hydrogen) atoms. The lowest BCUT2D eigenvalue weighted by Crippen LogP contribution is -2.28. The molecule has 4 heteroatoms. The third-order valence-corrected chi connectivity index (χ3v) is 3.90. The van der Waals surface area contributed by atoms with Gasteiger partial charge in [0.1, 0.15) is 11.5 Å². The van der Waals surface area contributed by atoms with Crippen molar-refractivity contribution >= 4 is 5.91 Å². The third kappa shape index (κ3) is 3.83. The van der Waals surface area contributed by atoms with Gasteiger partial charge in [-0.25, -0.2) is 0 Å². The summed E-state index contributed by atoms with van der Waals surface area (Å²) in [7, 11) is 3.24. The summed E-state index contributed by atoms with van der Waals surface area (Å²) in [5.41, 5.74) is 2.56. The Kier molecular flexibility index (Phi) is 5.63. The highest BCUT2D eigenvalue weighted by Crippen LogP contribution is 2.27. The number of rotatable bonds is 6. The van der Waals surface area contributed by atoms with Crippen LogP contribution in [0.2, 0.25) is 0 Å². The lowest BCUT2D eigenvalue weighted by atomic mass is 10.0. The van der Waals surface area contributed by atoms with E-state index < -0.39 is 0 Å². The molecule has 0 bridgehead atoms. The number of aryl methyl sites for hydroxylation is 1. The molecule has 1 amide bonds. The van der Waals surface area contributed by atoms with Crippen LogP contribution in [0, 0.1) is 6.92 Å². The maximum absolute atomic E-state index is 12.6. The quantitative estimate of drug-likeness (QED) is 0.880. The lowest BCUT2D eigenvalue weighted by Gasteiger charge is -2.20. The average molecular weight is 313 g/mol. The van der Waals surface area contributed by atoms with E-state index in [4.69, 9.17) is 9.47 Å². The Labute approximate surface area is 137 Å². The number of hydrogen-bond donors (Lipinski definition) is 1. The first-order valence-electron chi connectivity index (χ1n) is 7.69. The number of amides is 1. The number of ether oxygens (including phenoxy) is 2. The van der Waals surface area contributed by atoms with Crippen LogP contribution < -0.4 is 14.8 Å². The molecular formula is C19H23NO3. The van der Waals surface area contributed by atoms with Crippen molar-refractivity contribution in [3.05, 3.63) is 59.2 Å². The number of carbonyl (C=O) groups excluding carboxylic acids is 1. The van der Waals surface area contributed by atoms with E-state index in [1.807, 2.05) is 50.2 Å². The fraction of sp³-hybridized carbons (Fsp3) is 0.316. The summed E-state index contributed by atoms with van der Waals surface area (Å²) in [5.74, 6) is 1.37. The molecule has 0 radical (unpaired) electrons. The Morgan fingerprint density at radius 2 is 1.78 bits per heavy atom. The molecule has 0 saturated heterocycles. The number of nitrogens with one attached hydrogen (secondary N) is 1. The number of benzene rings is 2. The van der Waals surface area contributed by atoms with Crippen molar-refractivity contribution in [2.45, 2.75) is 26.3 Å². The van der Waals surface area contributed by atoms with Crippen LogP contribution in [0.15, 0.2) is 42.5 Å². The van der Waals surface area contributed by atoms with Gasteiger partial charge in [0, 0.05) is 11.1 Å². The van der Waals surface area contributed by atoms with Gasteiger partial charge in [0.2, 0.25) is 0 Å². The van der Waals surface area contributed by atoms with E-state index in [0.717, 1.165) is 23.3 Å². The van der Waals surface area contributed by atoms with Crippen molar-refractivity contribution in [3.63, 3.8) is 0 Å². The smallest absolute Gasteiger partial charge is 0.251 e. The second-order valence-corrected chi connectivity index (χ2v) is 5.36. The van der Waals surface area contributed by atoms with Gasteiger partial charge in [0.15, 0.2) is 0 Å². The summed E-state index contributed by atoms with van der Waals surface area (Å²) in [4.78, 5) is 12.6. The summed E-state index contributed by atoms with van der Waals surface area (Å²) in [5, 5.41) is 3.07. The number of methoxy groups -OCH3 is 2. The van der Waals surface area contributed by atoms with Crippen molar-refractivity contribution in [1.82, 2.24) is 5.32 Å². The van der Waals surface area contributed by atoms with E-state index in [2.05, 4.69) is 5.32 Å². The molecule has 4 nitrogen and oxygen atoms in total. The van der Waals surface area contributed by atoms with Crippen molar-refractivity contribution in [2.75, 3.05) is 14.2 Å². The van der Waals surface area contributed by atoms with Crippen molar-refractivity contribution in [2.24, 2.45) is 0 Å². The summed E-state index contributed by atoms with van der Waals surface area (Å²) < 4.78 is 10.7. The predicted molar refractivity (Wildman–Crippen MR) is 91.2 cm³/mol. The molecule has 0 aliphatic rings. The van der Waals surface area contributed by atoms with E-state index in [1.54, 1.807) is 20.3 Å². The van der Waals surface area contributed by atoms with Crippen LogP contribution in [0.1, 0.15) is 40.9 Å². The maximum atomic E-state index is 12.6. The number of hydrogen-bond acceptors (Lipinski definition) is 3. The normalized spacial score (nSPS) is 11.7. The van der Waals surface area contributed by atoms with Gasteiger partial charge in [-0.2, -0.15) is 0 Å². The fourth-order valence-electron chi connectivity index (χ4n) is 2.56. The minimum atomic E-state index is -0.124. The molecule has 122 valence electrons. The first kappa shape index (κ1) is 16.9. The van der Waals surface area contributed by atoms with E-state index in [1.165, 1.54) is 0 Å². The zero-order valence-corrected chi connectivity index (χ0v) is 14.1. The number of para-hydroxylation sites is 1. The van der Waals surface area contributed by atoms with Crippen LogP contribution >= 0.6 is 0 Å². The molecule has 0 saturated carbocycles. The monoisotopic (exact) mass is 313 g/mol. The van der Waals surface area contributed by atoms with Crippen LogP contribution in [0.25, 0.3) is 0 Å². The van der Waals surface area contributed by atoms with E-state index in [9.17, 15) is 4.79 Å². The minimum Gasteiger partial charge on any atom is -0.496 e.